The Kier molecular flexibility index (Phi) is 3.51. The van der Waals surface area contributed by atoms with Gasteiger partial charge in [-0.05, 0) is 20.3 Å². The van der Waals surface area contributed by atoms with Crippen LogP contribution in [0.3, 0.4) is 0 Å². The van der Waals surface area contributed by atoms with Crippen LogP contribution in [0.15, 0.2) is 6.33 Å². The van der Waals surface area contributed by atoms with Crippen molar-refractivity contribution in [1.29, 1.82) is 0 Å². The first-order chi connectivity index (χ1) is 7.75. The van der Waals surface area contributed by atoms with Crippen molar-refractivity contribution in [3.05, 3.63) is 22.7 Å². The van der Waals surface area contributed by atoms with Gasteiger partial charge in [0.2, 0.25) is 0 Å². The number of rotatable bonds is 5. The second-order valence-electron chi connectivity index (χ2n) is 3.62. The summed E-state index contributed by atoms with van der Waals surface area (Å²) in [5.41, 5.74) is 1.11. The summed E-state index contributed by atoms with van der Waals surface area (Å²) in [6, 6.07) is 0. The largest absolute Gasteiger partial charge is 0.361 e. The molecule has 0 fully saturated rings. The molecule has 0 radical (unpaired) electrons. The molecule has 0 saturated heterocycles. The van der Waals surface area contributed by atoms with Gasteiger partial charge in [-0.15, -0.1) is 11.3 Å². The zero-order chi connectivity index (χ0) is 11.4. The number of thiazole rings is 1. The Morgan fingerprint density at radius 3 is 2.94 bits per heavy atom. The Morgan fingerprint density at radius 1 is 1.44 bits per heavy atom. The standard InChI is InChI=1S/C10H15N5S/c1-7-8(2)16-10(14-7)11-5-3-4-9-12-6-13-15-9/h6H,3-5H2,1-2H3,(H,11,14)(H,12,13,15). The van der Waals surface area contributed by atoms with Gasteiger partial charge in [-0.3, -0.25) is 5.10 Å². The minimum atomic E-state index is 0.910. The third-order valence-corrected chi connectivity index (χ3v) is 3.39. The van der Waals surface area contributed by atoms with Crippen LogP contribution in [0.2, 0.25) is 0 Å². The Morgan fingerprint density at radius 2 is 2.31 bits per heavy atom. The summed E-state index contributed by atoms with van der Waals surface area (Å²) < 4.78 is 0. The molecule has 0 aliphatic rings. The van der Waals surface area contributed by atoms with Crippen LogP contribution in [0.1, 0.15) is 22.8 Å². The van der Waals surface area contributed by atoms with E-state index in [9.17, 15) is 0 Å². The maximum Gasteiger partial charge on any atom is 0.183 e. The number of hydrogen-bond acceptors (Lipinski definition) is 5. The lowest BCUT2D eigenvalue weighted by atomic mass is 10.3. The van der Waals surface area contributed by atoms with Gasteiger partial charge in [0.25, 0.3) is 0 Å². The van der Waals surface area contributed by atoms with Gasteiger partial charge in [-0.25, -0.2) is 9.97 Å². The first kappa shape index (κ1) is 11.1. The highest BCUT2D eigenvalue weighted by Crippen LogP contribution is 2.20. The Hall–Kier alpha value is -1.43. The summed E-state index contributed by atoms with van der Waals surface area (Å²) in [6.45, 7) is 5.03. The molecule has 5 nitrogen and oxygen atoms in total. The molecule has 0 atom stereocenters. The van der Waals surface area contributed by atoms with Crippen LogP contribution in [0, 0.1) is 13.8 Å². The molecule has 0 spiro atoms. The quantitative estimate of drug-likeness (QED) is 0.780. The van der Waals surface area contributed by atoms with Gasteiger partial charge >= 0.3 is 0 Å². The number of hydrogen-bond donors (Lipinski definition) is 2. The van der Waals surface area contributed by atoms with Gasteiger partial charge in [-0.2, -0.15) is 5.10 Å². The van der Waals surface area contributed by atoms with Crippen LogP contribution >= 0.6 is 11.3 Å². The van der Waals surface area contributed by atoms with Crippen molar-refractivity contribution in [3.8, 4) is 0 Å². The minimum absolute atomic E-state index is 0.910. The van der Waals surface area contributed by atoms with Crippen molar-refractivity contribution < 1.29 is 0 Å². The molecular weight excluding hydrogens is 222 g/mol. The van der Waals surface area contributed by atoms with Gasteiger partial charge in [0, 0.05) is 17.8 Å². The number of nitrogens with zero attached hydrogens (tertiary/aromatic N) is 3. The summed E-state index contributed by atoms with van der Waals surface area (Å²) in [5, 5.41) is 11.0. The molecule has 0 saturated carbocycles. The van der Waals surface area contributed by atoms with Crippen molar-refractivity contribution in [2.75, 3.05) is 11.9 Å². The molecule has 2 rings (SSSR count). The van der Waals surface area contributed by atoms with Crippen LogP contribution in [0.5, 0.6) is 0 Å². The molecular formula is C10H15N5S. The van der Waals surface area contributed by atoms with Crippen LogP contribution < -0.4 is 5.32 Å². The smallest absolute Gasteiger partial charge is 0.183 e. The molecule has 0 unspecified atom stereocenters. The lowest BCUT2D eigenvalue weighted by Crippen LogP contribution is -2.03. The fourth-order valence-corrected chi connectivity index (χ4v) is 2.19. The molecule has 0 aromatic carbocycles. The van der Waals surface area contributed by atoms with Crippen molar-refractivity contribution in [2.45, 2.75) is 26.7 Å². The fraction of sp³-hybridized carbons (Fsp3) is 0.500. The molecule has 0 bridgehead atoms. The summed E-state index contributed by atoms with van der Waals surface area (Å²) >= 11 is 1.70. The SMILES string of the molecule is Cc1nc(NCCCc2ncn[nH]2)sc1C. The summed E-state index contributed by atoms with van der Waals surface area (Å²) in [4.78, 5) is 9.76. The first-order valence-electron chi connectivity index (χ1n) is 5.28. The van der Waals surface area contributed by atoms with Crippen LogP contribution in [-0.4, -0.2) is 26.7 Å². The van der Waals surface area contributed by atoms with Crippen LogP contribution in [-0.2, 0) is 6.42 Å². The average molecular weight is 237 g/mol. The number of H-pyrrole nitrogens is 1. The summed E-state index contributed by atoms with van der Waals surface area (Å²) in [5.74, 6) is 0.938. The molecule has 86 valence electrons. The van der Waals surface area contributed by atoms with Crippen molar-refractivity contribution in [1.82, 2.24) is 20.2 Å². The van der Waals surface area contributed by atoms with Gasteiger partial charge < -0.3 is 5.32 Å². The highest BCUT2D eigenvalue weighted by Gasteiger charge is 2.02. The molecule has 2 aromatic heterocycles. The van der Waals surface area contributed by atoms with Crippen molar-refractivity contribution in [2.24, 2.45) is 0 Å². The molecule has 16 heavy (non-hydrogen) atoms. The highest BCUT2D eigenvalue weighted by molar-refractivity contribution is 7.15. The zero-order valence-electron chi connectivity index (χ0n) is 9.45. The monoisotopic (exact) mass is 237 g/mol. The van der Waals surface area contributed by atoms with E-state index >= 15 is 0 Å². The predicted molar refractivity (Wildman–Crippen MR) is 64.8 cm³/mol. The van der Waals surface area contributed by atoms with Crippen molar-refractivity contribution in [3.63, 3.8) is 0 Å². The Labute approximate surface area is 98.3 Å². The van der Waals surface area contributed by atoms with E-state index < -0.39 is 0 Å². The van der Waals surface area contributed by atoms with Gasteiger partial charge in [0.15, 0.2) is 5.13 Å². The molecule has 2 heterocycles. The Balaban J connectivity index is 1.72. The molecule has 0 amide bonds. The lowest BCUT2D eigenvalue weighted by molar-refractivity contribution is 0.805. The molecule has 2 aromatic rings. The van der Waals surface area contributed by atoms with E-state index in [4.69, 9.17) is 0 Å². The summed E-state index contributed by atoms with van der Waals surface area (Å²) in [6.07, 6.45) is 3.47. The number of aromatic nitrogens is 4. The number of anilines is 1. The molecule has 0 aliphatic heterocycles. The van der Waals surface area contributed by atoms with E-state index in [1.54, 1.807) is 11.3 Å². The van der Waals surface area contributed by atoms with Crippen LogP contribution in [0.25, 0.3) is 0 Å². The fourth-order valence-electron chi connectivity index (χ4n) is 1.35. The van der Waals surface area contributed by atoms with Gasteiger partial charge in [0.1, 0.15) is 12.2 Å². The highest BCUT2D eigenvalue weighted by atomic mass is 32.1. The molecule has 2 N–H and O–H groups in total. The second kappa shape index (κ2) is 5.07. The normalized spacial score (nSPS) is 10.6. The molecule has 0 aliphatic carbocycles. The second-order valence-corrected chi connectivity index (χ2v) is 4.83. The number of nitrogens with one attached hydrogen (secondary N) is 2. The third-order valence-electron chi connectivity index (χ3n) is 2.36. The third kappa shape index (κ3) is 2.79. The van der Waals surface area contributed by atoms with E-state index in [0.29, 0.717) is 0 Å². The Bertz CT molecular complexity index is 415. The van der Waals surface area contributed by atoms with Crippen LogP contribution in [0.4, 0.5) is 5.13 Å². The van der Waals surface area contributed by atoms with E-state index in [-0.39, 0.29) is 0 Å². The maximum absolute atomic E-state index is 4.42. The van der Waals surface area contributed by atoms with E-state index in [1.807, 2.05) is 6.92 Å². The average Bonchev–Trinajstić information content (AvgIpc) is 2.85. The molecule has 6 heteroatoms. The van der Waals surface area contributed by atoms with E-state index in [0.717, 1.165) is 36.0 Å². The zero-order valence-corrected chi connectivity index (χ0v) is 10.3. The lowest BCUT2D eigenvalue weighted by Gasteiger charge is -2.00. The predicted octanol–water partition coefficient (Wildman–Crippen LogP) is 1.92. The maximum atomic E-state index is 4.42. The van der Waals surface area contributed by atoms with E-state index in [1.165, 1.54) is 11.2 Å². The summed E-state index contributed by atoms with van der Waals surface area (Å²) in [7, 11) is 0. The number of aromatic amines is 1. The van der Waals surface area contributed by atoms with Crippen molar-refractivity contribution >= 4 is 16.5 Å². The van der Waals surface area contributed by atoms with Gasteiger partial charge in [-0.1, -0.05) is 0 Å². The van der Waals surface area contributed by atoms with Gasteiger partial charge in [0.05, 0.1) is 5.69 Å². The topological polar surface area (TPSA) is 66.5 Å². The first-order valence-corrected chi connectivity index (χ1v) is 6.09. The minimum Gasteiger partial charge on any atom is -0.361 e. The van der Waals surface area contributed by atoms with E-state index in [2.05, 4.69) is 32.4 Å². The number of aryl methyl sites for hydroxylation is 3.